The molecule has 6 nitrogen and oxygen atoms in total. The molecule has 3 rings (SSSR count). The highest BCUT2D eigenvalue weighted by Crippen LogP contribution is 2.34. The zero-order valence-corrected chi connectivity index (χ0v) is 18.0. The largest absolute Gasteiger partial charge is 0.439 e. The normalized spacial score (nSPS) is 11.0. The Balaban J connectivity index is 2.05. The van der Waals surface area contributed by atoms with Crippen LogP contribution in [0.15, 0.2) is 60.7 Å². The van der Waals surface area contributed by atoms with Gasteiger partial charge >= 0.3 is 0 Å². The third kappa shape index (κ3) is 5.27. The van der Waals surface area contributed by atoms with Gasteiger partial charge in [-0.3, -0.25) is 4.79 Å². The maximum atomic E-state index is 12.7. The van der Waals surface area contributed by atoms with Gasteiger partial charge in [0.25, 0.3) is 0 Å². The van der Waals surface area contributed by atoms with Gasteiger partial charge in [0, 0.05) is 26.3 Å². The number of hydrogen-bond donors (Lipinski definition) is 0. The molecule has 0 saturated heterocycles. The molecule has 0 aliphatic heterocycles. The molecule has 0 radical (unpaired) electrons. The highest BCUT2D eigenvalue weighted by Gasteiger charge is 2.24. The summed E-state index contributed by atoms with van der Waals surface area (Å²) in [5.41, 5.74) is 2.66. The molecule has 0 bridgehead atoms. The van der Waals surface area contributed by atoms with Crippen molar-refractivity contribution in [1.82, 2.24) is 14.7 Å². The summed E-state index contributed by atoms with van der Waals surface area (Å²) in [6.07, 6.45) is 0. The highest BCUT2D eigenvalue weighted by molar-refractivity contribution is 5.78. The molecule has 0 aliphatic rings. The van der Waals surface area contributed by atoms with Crippen LogP contribution in [0.3, 0.4) is 0 Å². The van der Waals surface area contributed by atoms with Crippen molar-refractivity contribution in [2.75, 3.05) is 20.3 Å². The minimum atomic E-state index is -0.0558. The summed E-state index contributed by atoms with van der Waals surface area (Å²) >= 11 is 0. The lowest BCUT2D eigenvalue weighted by molar-refractivity contribution is -0.136. The molecule has 6 heteroatoms. The molecular formula is C24H29N3O3. The van der Waals surface area contributed by atoms with Crippen molar-refractivity contribution < 1.29 is 14.3 Å². The van der Waals surface area contributed by atoms with Gasteiger partial charge in [-0.2, -0.15) is 5.10 Å². The van der Waals surface area contributed by atoms with Gasteiger partial charge in [-0.15, -0.1) is 0 Å². The van der Waals surface area contributed by atoms with Gasteiger partial charge in [0.1, 0.15) is 18.1 Å². The van der Waals surface area contributed by atoms with Crippen molar-refractivity contribution in [3.05, 3.63) is 66.2 Å². The first-order chi connectivity index (χ1) is 14.5. The fourth-order valence-corrected chi connectivity index (χ4v) is 3.35. The Morgan fingerprint density at radius 3 is 2.30 bits per heavy atom. The Morgan fingerprint density at radius 1 is 1.07 bits per heavy atom. The van der Waals surface area contributed by atoms with Crippen LogP contribution in [-0.4, -0.2) is 40.8 Å². The lowest BCUT2D eigenvalue weighted by Gasteiger charge is -2.25. The van der Waals surface area contributed by atoms with Crippen LogP contribution in [0.1, 0.15) is 19.4 Å². The van der Waals surface area contributed by atoms with Crippen molar-refractivity contribution in [3.63, 3.8) is 0 Å². The number of hydrogen-bond acceptors (Lipinski definition) is 4. The monoisotopic (exact) mass is 407 g/mol. The number of rotatable bonds is 9. The Labute approximate surface area is 178 Å². The molecule has 0 saturated carbocycles. The quantitative estimate of drug-likeness (QED) is 0.524. The van der Waals surface area contributed by atoms with E-state index in [0.29, 0.717) is 24.9 Å². The summed E-state index contributed by atoms with van der Waals surface area (Å²) in [7, 11) is 3.40. The first-order valence-corrected chi connectivity index (χ1v) is 10.1. The molecule has 30 heavy (non-hydrogen) atoms. The van der Waals surface area contributed by atoms with Crippen molar-refractivity contribution in [2.45, 2.75) is 20.4 Å². The van der Waals surface area contributed by atoms with E-state index < -0.39 is 0 Å². The summed E-state index contributed by atoms with van der Waals surface area (Å²) in [5, 5.41) is 4.74. The van der Waals surface area contributed by atoms with Crippen LogP contribution in [0.4, 0.5) is 0 Å². The Bertz CT molecular complexity index is 953. The number of benzene rings is 2. The maximum absolute atomic E-state index is 12.7. The number of ether oxygens (including phenoxy) is 2. The molecule has 0 aliphatic carbocycles. The summed E-state index contributed by atoms with van der Waals surface area (Å²) in [5.74, 6) is 1.61. The molecule has 2 aromatic carbocycles. The molecular weight excluding hydrogens is 378 g/mol. The van der Waals surface area contributed by atoms with Crippen molar-refractivity contribution in [3.8, 4) is 22.9 Å². The summed E-state index contributed by atoms with van der Waals surface area (Å²) in [6.45, 7) is 5.24. The van der Waals surface area contributed by atoms with Gasteiger partial charge in [-0.25, -0.2) is 4.68 Å². The molecule has 1 aromatic heterocycles. The number of carbonyl (C=O) groups is 1. The predicted molar refractivity (Wildman–Crippen MR) is 117 cm³/mol. The molecule has 0 fully saturated rings. The lowest BCUT2D eigenvalue weighted by atomic mass is 10.1. The van der Waals surface area contributed by atoms with Crippen LogP contribution in [0.5, 0.6) is 11.6 Å². The van der Waals surface area contributed by atoms with Crippen LogP contribution < -0.4 is 4.74 Å². The first kappa shape index (κ1) is 21.6. The standard InChI is InChI=1S/C24H29N3O3/c1-18(2)15-27(22(28)17-29-4)16-21-23(19-11-7-5-8-12-19)25-26(3)24(21)30-20-13-9-6-10-14-20/h5-14,18H,15-17H2,1-4H3. The Morgan fingerprint density at radius 2 is 1.70 bits per heavy atom. The number of para-hydroxylation sites is 1. The Hall–Kier alpha value is -3.12. The zero-order chi connectivity index (χ0) is 21.5. The predicted octanol–water partition coefficient (Wildman–Crippen LogP) is 4.51. The van der Waals surface area contributed by atoms with Gasteiger partial charge in [-0.1, -0.05) is 62.4 Å². The van der Waals surface area contributed by atoms with E-state index in [-0.39, 0.29) is 12.5 Å². The average Bonchev–Trinajstić information content (AvgIpc) is 3.04. The average molecular weight is 408 g/mol. The number of amides is 1. The van der Waals surface area contributed by atoms with Gasteiger partial charge < -0.3 is 14.4 Å². The van der Waals surface area contributed by atoms with E-state index in [4.69, 9.17) is 14.6 Å². The van der Waals surface area contributed by atoms with Crippen LogP contribution in [0, 0.1) is 5.92 Å². The SMILES string of the molecule is COCC(=O)N(Cc1c(-c2ccccc2)nn(C)c1Oc1ccccc1)CC(C)C. The van der Waals surface area contributed by atoms with Gasteiger partial charge in [0.05, 0.1) is 12.1 Å². The summed E-state index contributed by atoms with van der Waals surface area (Å²) < 4.78 is 13.1. The van der Waals surface area contributed by atoms with E-state index in [1.165, 1.54) is 7.11 Å². The van der Waals surface area contributed by atoms with E-state index in [1.807, 2.05) is 72.6 Å². The maximum Gasteiger partial charge on any atom is 0.248 e. The van der Waals surface area contributed by atoms with Crippen LogP contribution in [-0.2, 0) is 23.1 Å². The molecule has 0 unspecified atom stereocenters. The molecule has 1 amide bonds. The fraction of sp³-hybridized carbons (Fsp3) is 0.333. The van der Waals surface area contributed by atoms with E-state index in [9.17, 15) is 4.79 Å². The van der Waals surface area contributed by atoms with Crippen LogP contribution in [0.25, 0.3) is 11.3 Å². The Kier molecular flexibility index (Phi) is 7.25. The molecule has 0 N–H and O–H groups in total. The van der Waals surface area contributed by atoms with Crippen molar-refractivity contribution in [1.29, 1.82) is 0 Å². The smallest absolute Gasteiger partial charge is 0.248 e. The fourth-order valence-electron chi connectivity index (χ4n) is 3.35. The van der Waals surface area contributed by atoms with Gasteiger partial charge in [-0.05, 0) is 18.1 Å². The van der Waals surface area contributed by atoms with E-state index in [0.717, 1.165) is 22.6 Å². The first-order valence-electron chi connectivity index (χ1n) is 10.1. The number of aromatic nitrogens is 2. The van der Waals surface area contributed by atoms with Gasteiger partial charge in [0.2, 0.25) is 11.8 Å². The topological polar surface area (TPSA) is 56.6 Å². The van der Waals surface area contributed by atoms with Crippen LogP contribution >= 0.6 is 0 Å². The van der Waals surface area contributed by atoms with E-state index in [2.05, 4.69) is 13.8 Å². The highest BCUT2D eigenvalue weighted by atomic mass is 16.5. The van der Waals surface area contributed by atoms with E-state index >= 15 is 0 Å². The minimum absolute atomic E-state index is 0.0442. The molecule has 0 spiro atoms. The second kappa shape index (κ2) is 10.1. The number of carbonyl (C=O) groups excluding carboxylic acids is 1. The van der Waals surface area contributed by atoms with Crippen LogP contribution in [0.2, 0.25) is 0 Å². The second-order valence-electron chi connectivity index (χ2n) is 7.64. The second-order valence-corrected chi connectivity index (χ2v) is 7.64. The number of methoxy groups -OCH3 is 1. The molecule has 158 valence electrons. The lowest BCUT2D eigenvalue weighted by Crippen LogP contribution is -2.36. The van der Waals surface area contributed by atoms with Crippen molar-refractivity contribution >= 4 is 5.91 Å². The molecule has 0 atom stereocenters. The third-order valence-corrected chi connectivity index (χ3v) is 4.65. The summed E-state index contributed by atoms with van der Waals surface area (Å²) in [4.78, 5) is 14.6. The number of nitrogens with zero attached hydrogens (tertiary/aromatic N) is 3. The van der Waals surface area contributed by atoms with E-state index in [1.54, 1.807) is 4.68 Å². The molecule has 1 heterocycles. The summed E-state index contributed by atoms with van der Waals surface area (Å²) in [6, 6.07) is 19.6. The van der Waals surface area contributed by atoms with Gasteiger partial charge in [0.15, 0.2) is 0 Å². The minimum Gasteiger partial charge on any atom is -0.439 e. The third-order valence-electron chi connectivity index (χ3n) is 4.65. The van der Waals surface area contributed by atoms with Crippen molar-refractivity contribution in [2.24, 2.45) is 13.0 Å². The zero-order valence-electron chi connectivity index (χ0n) is 18.0. The number of aryl methyl sites for hydroxylation is 1. The molecule has 3 aromatic rings.